The summed E-state index contributed by atoms with van der Waals surface area (Å²) in [4.78, 5) is 4.60. The summed E-state index contributed by atoms with van der Waals surface area (Å²) in [5.41, 5.74) is 2.34. The zero-order chi connectivity index (χ0) is 18.2. The first-order chi connectivity index (χ1) is 12.8. The lowest BCUT2D eigenvalue weighted by molar-refractivity contribution is 0.414. The van der Waals surface area contributed by atoms with Gasteiger partial charge in [0.25, 0.3) is 0 Å². The van der Waals surface area contributed by atoms with E-state index < -0.39 is 0 Å². The fourth-order valence-electron chi connectivity index (χ4n) is 2.50. The molecule has 0 aliphatic carbocycles. The molecule has 0 atom stereocenters. The van der Waals surface area contributed by atoms with E-state index in [9.17, 15) is 0 Å². The van der Waals surface area contributed by atoms with Crippen molar-refractivity contribution < 1.29 is 9.47 Å². The van der Waals surface area contributed by atoms with Gasteiger partial charge in [0.2, 0.25) is 0 Å². The van der Waals surface area contributed by atoms with E-state index in [1.54, 1.807) is 14.2 Å². The van der Waals surface area contributed by atoms with Crippen molar-refractivity contribution in [2.45, 2.75) is 13.1 Å². The Morgan fingerprint density at radius 2 is 1.08 bits per heavy atom. The third kappa shape index (κ3) is 4.89. The topological polar surface area (TPSA) is 55.4 Å². The molecule has 0 unspecified atom stereocenters. The quantitative estimate of drug-likeness (QED) is 0.634. The van der Waals surface area contributed by atoms with Crippen LogP contribution in [-0.4, -0.2) is 19.2 Å². The van der Waals surface area contributed by atoms with Crippen molar-refractivity contribution in [3.63, 3.8) is 0 Å². The van der Waals surface area contributed by atoms with Gasteiger partial charge in [-0.15, -0.1) is 0 Å². The number of anilines is 2. The summed E-state index contributed by atoms with van der Waals surface area (Å²) in [6.07, 6.45) is 0. The van der Waals surface area contributed by atoms with Gasteiger partial charge in [-0.1, -0.05) is 30.3 Å². The highest BCUT2D eigenvalue weighted by atomic mass is 16.5. The second-order valence-corrected chi connectivity index (χ2v) is 5.81. The summed E-state index contributed by atoms with van der Waals surface area (Å²) < 4.78 is 10.4. The Kier molecular flexibility index (Phi) is 5.93. The molecule has 5 nitrogen and oxygen atoms in total. The van der Waals surface area contributed by atoms with Gasteiger partial charge in [0.15, 0.2) is 0 Å². The molecule has 2 aromatic carbocycles. The van der Waals surface area contributed by atoms with Crippen LogP contribution in [0.4, 0.5) is 11.6 Å². The number of hydrogen-bond acceptors (Lipinski definition) is 5. The molecule has 3 rings (SSSR count). The van der Waals surface area contributed by atoms with E-state index in [1.807, 2.05) is 66.7 Å². The highest BCUT2D eigenvalue weighted by Gasteiger charge is 2.00. The van der Waals surface area contributed by atoms with E-state index in [-0.39, 0.29) is 0 Å². The molecule has 0 saturated heterocycles. The van der Waals surface area contributed by atoms with Crippen LogP contribution < -0.4 is 20.1 Å². The van der Waals surface area contributed by atoms with Gasteiger partial charge in [-0.3, -0.25) is 0 Å². The highest BCUT2D eigenvalue weighted by Crippen LogP contribution is 2.16. The van der Waals surface area contributed by atoms with E-state index >= 15 is 0 Å². The second kappa shape index (κ2) is 8.76. The lowest BCUT2D eigenvalue weighted by Gasteiger charge is -2.10. The average Bonchev–Trinajstić information content (AvgIpc) is 2.72. The normalized spacial score (nSPS) is 10.2. The summed E-state index contributed by atoms with van der Waals surface area (Å²) in [6, 6.07) is 21.9. The molecule has 0 spiro atoms. The number of ether oxygens (including phenoxy) is 2. The van der Waals surface area contributed by atoms with Gasteiger partial charge < -0.3 is 20.1 Å². The number of benzene rings is 2. The molecule has 2 N–H and O–H groups in total. The molecule has 0 aliphatic heterocycles. The number of nitrogens with one attached hydrogen (secondary N) is 2. The number of pyridine rings is 1. The van der Waals surface area contributed by atoms with Crippen LogP contribution >= 0.6 is 0 Å². The Morgan fingerprint density at radius 3 is 1.46 bits per heavy atom. The maximum atomic E-state index is 5.18. The van der Waals surface area contributed by atoms with Crippen LogP contribution in [0.2, 0.25) is 0 Å². The Morgan fingerprint density at radius 1 is 0.654 bits per heavy atom. The van der Waals surface area contributed by atoms with Crippen LogP contribution in [0.15, 0.2) is 66.7 Å². The maximum Gasteiger partial charge on any atom is 0.128 e. The first kappa shape index (κ1) is 17.6. The van der Waals surface area contributed by atoms with Crippen molar-refractivity contribution in [1.29, 1.82) is 0 Å². The number of aromatic nitrogens is 1. The predicted octanol–water partition coefficient (Wildman–Crippen LogP) is 4.32. The Labute approximate surface area is 154 Å². The molecule has 1 aromatic heterocycles. The van der Waals surface area contributed by atoms with Crippen molar-refractivity contribution >= 4 is 11.6 Å². The average molecular weight is 349 g/mol. The van der Waals surface area contributed by atoms with Crippen LogP contribution in [0, 0.1) is 0 Å². The molecule has 5 heteroatoms. The molecule has 0 radical (unpaired) electrons. The molecule has 1 heterocycles. The van der Waals surface area contributed by atoms with Crippen LogP contribution in [0.3, 0.4) is 0 Å². The van der Waals surface area contributed by atoms with Gasteiger partial charge in [-0.05, 0) is 47.5 Å². The number of rotatable bonds is 8. The molecular weight excluding hydrogens is 326 g/mol. The third-order valence-electron chi connectivity index (χ3n) is 4.01. The van der Waals surface area contributed by atoms with Crippen molar-refractivity contribution in [3.05, 3.63) is 77.9 Å². The second-order valence-electron chi connectivity index (χ2n) is 5.81. The van der Waals surface area contributed by atoms with Crippen LogP contribution in [-0.2, 0) is 13.1 Å². The zero-order valence-corrected chi connectivity index (χ0v) is 15.0. The van der Waals surface area contributed by atoms with Crippen LogP contribution in [0.1, 0.15) is 11.1 Å². The fraction of sp³-hybridized carbons (Fsp3) is 0.190. The van der Waals surface area contributed by atoms with Crippen molar-refractivity contribution in [3.8, 4) is 11.5 Å². The lowest BCUT2D eigenvalue weighted by Crippen LogP contribution is -2.05. The minimum Gasteiger partial charge on any atom is -0.497 e. The van der Waals surface area contributed by atoms with E-state index in [0.717, 1.165) is 23.1 Å². The number of hydrogen-bond donors (Lipinski definition) is 2. The van der Waals surface area contributed by atoms with Gasteiger partial charge in [-0.25, -0.2) is 4.98 Å². The zero-order valence-electron chi connectivity index (χ0n) is 15.0. The van der Waals surface area contributed by atoms with Gasteiger partial charge in [0.05, 0.1) is 14.2 Å². The molecule has 134 valence electrons. The maximum absolute atomic E-state index is 5.18. The molecule has 0 aliphatic rings. The number of methoxy groups -OCH3 is 2. The van der Waals surface area contributed by atoms with Crippen LogP contribution in [0.25, 0.3) is 0 Å². The first-order valence-corrected chi connectivity index (χ1v) is 8.47. The lowest BCUT2D eigenvalue weighted by atomic mass is 10.2. The minimum atomic E-state index is 0.707. The summed E-state index contributed by atoms with van der Waals surface area (Å²) in [6.45, 7) is 1.41. The van der Waals surface area contributed by atoms with Gasteiger partial charge >= 0.3 is 0 Å². The monoisotopic (exact) mass is 349 g/mol. The smallest absolute Gasteiger partial charge is 0.128 e. The van der Waals surface area contributed by atoms with Crippen LogP contribution in [0.5, 0.6) is 11.5 Å². The van der Waals surface area contributed by atoms with Gasteiger partial charge in [0.1, 0.15) is 23.1 Å². The first-order valence-electron chi connectivity index (χ1n) is 8.47. The molecular formula is C21H23N3O2. The molecule has 0 bridgehead atoms. The van der Waals surface area contributed by atoms with E-state index in [2.05, 4.69) is 15.6 Å². The van der Waals surface area contributed by atoms with Gasteiger partial charge in [0, 0.05) is 13.1 Å². The Hall–Kier alpha value is -3.21. The van der Waals surface area contributed by atoms with E-state index in [1.165, 1.54) is 11.1 Å². The van der Waals surface area contributed by atoms with Crippen molar-refractivity contribution in [1.82, 2.24) is 4.98 Å². The summed E-state index contributed by atoms with van der Waals surface area (Å²) in [7, 11) is 3.34. The van der Waals surface area contributed by atoms with Crippen molar-refractivity contribution in [2.75, 3.05) is 24.9 Å². The summed E-state index contributed by atoms with van der Waals surface area (Å²) in [5.74, 6) is 3.38. The molecule has 3 aromatic rings. The molecule has 0 saturated carbocycles. The molecule has 26 heavy (non-hydrogen) atoms. The third-order valence-corrected chi connectivity index (χ3v) is 4.01. The fourth-order valence-corrected chi connectivity index (χ4v) is 2.50. The van der Waals surface area contributed by atoms with E-state index in [4.69, 9.17) is 9.47 Å². The Bertz CT molecular complexity index is 751. The largest absolute Gasteiger partial charge is 0.497 e. The Balaban J connectivity index is 1.55. The SMILES string of the molecule is COc1ccc(CNc2cccc(NCc3ccc(OC)cc3)n2)cc1. The summed E-state index contributed by atoms with van der Waals surface area (Å²) in [5, 5.41) is 6.69. The molecule has 0 fully saturated rings. The van der Waals surface area contributed by atoms with Gasteiger partial charge in [-0.2, -0.15) is 0 Å². The molecule has 0 amide bonds. The standard InChI is InChI=1S/C21H23N3O2/c1-25-18-10-6-16(7-11-18)14-22-20-4-3-5-21(24-20)23-15-17-8-12-19(26-2)13-9-17/h3-13H,14-15H2,1-2H3,(H2,22,23,24). The van der Waals surface area contributed by atoms with E-state index in [0.29, 0.717) is 13.1 Å². The highest BCUT2D eigenvalue weighted by molar-refractivity contribution is 5.46. The predicted molar refractivity (Wildman–Crippen MR) is 105 cm³/mol. The minimum absolute atomic E-state index is 0.707. The summed E-state index contributed by atoms with van der Waals surface area (Å²) >= 11 is 0. The number of nitrogens with zero attached hydrogens (tertiary/aromatic N) is 1. The van der Waals surface area contributed by atoms with Crippen molar-refractivity contribution in [2.24, 2.45) is 0 Å².